The van der Waals surface area contributed by atoms with Gasteiger partial charge in [0.15, 0.2) is 0 Å². The van der Waals surface area contributed by atoms with Gasteiger partial charge in [-0.15, -0.1) is 0 Å². The Morgan fingerprint density at radius 2 is 0.867 bits per heavy atom. The number of hydrogen-bond acceptors (Lipinski definition) is 3. The van der Waals surface area contributed by atoms with Crippen molar-refractivity contribution in [3.8, 4) is 17.2 Å². The summed E-state index contributed by atoms with van der Waals surface area (Å²) in [5.41, 5.74) is 7.15. The van der Waals surface area contributed by atoms with Crippen LogP contribution in [0.3, 0.4) is 0 Å². The Morgan fingerprint density at radius 1 is 0.511 bits per heavy atom. The molecule has 0 amide bonds. The molecule has 3 aliphatic carbocycles. The lowest BCUT2D eigenvalue weighted by Crippen LogP contribution is -2.20. The molecule has 0 unspecified atom stereocenters. The molecule has 3 saturated carbocycles. The van der Waals surface area contributed by atoms with E-state index in [1.807, 2.05) is 18.2 Å². The van der Waals surface area contributed by atoms with Gasteiger partial charge in [0.05, 0.1) is 0 Å². The zero-order valence-electron chi connectivity index (χ0n) is 28.3. The molecule has 0 spiro atoms. The van der Waals surface area contributed by atoms with Crippen LogP contribution in [0.2, 0.25) is 0 Å². The van der Waals surface area contributed by atoms with Crippen LogP contribution in [0.1, 0.15) is 175 Å². The van der Waals surface area contributed by atoms with Crippen molar-refractivity contribution in [3.63, 3.8) is 0 Å². The van der Waals surface area contributed by atoms with E-state index in [0.29, 0.717) is 35.0 Å². The normalized spacial score (nSPS) is 18.7. The number of phenols is 3. The second-order valence-corrected chi connectivity index (χ2v) is 14.8. The molecule has 3 fully saturated rings. The maximum Gasteiger partial charge on any atom is 0.119 e. The van der Waals surface area contributed by atoms with E-state index in [1.165, 1.54) is 125 Å². The molecule has 0 aliphatic heterocycles. The minimum Gasteiger partial charge on any atom is -0.508 e. The van der Waals surface area contributed by atoms with E-state index in [9.17, 15) is 15.3 Å². The van der Waals surface area contributed by atoms with Crippen LogP contribution in [0.5, 0.6) is 17.2 Å². The number of hydrogen-bond donors (Lipinski definition) is 3. The van der Waals surface area contributed by atoms with Crippen LogP contribution in [-0.4, -0.2) is 15.3 Å². The Hall–Kier alpha value is -2.94. The van der Waals surface area contributed by atoms with Gasteiger partial charge in [-0.1, -0.05) is 121 Å². The van der Waals surface area contributed by atoms with Crippen molar-refractivity contribution in [3.05, 3.63) is 88.0 Å². The van der Waals surface area contributed by atoms with E-state index < -0.39 is 0 Å². The third kappa shape index (κ3) is 8.27. The molecule has 3 aromatic carbocycles. The summed E-state index contributed by atoms with van der Waals surface area (Å²) >= 11 is 0. The Morgan fingerprint density at radius 3 is 1.24 bits per heavy atom. The van der Waals surface area contributed by atoms with Crippen molar-refractivity contribution in [2.75, 3.05) is 0 Å². The van der Waals surface area contributed by atoms with Crippen LogP contribution < -0.4 is 0 Å². The van der Waals surface area contributed by atoms with E-state index >= 15 is 0 Å². The molecule has 3 N–H and O–H groups in total. The smallest absolute Gasteiger partial charge is 0.119 e. The fourth-order valence-corrected chi connectivity index (χ4v) is 8.32. The van der Waals surface area contributed by atoms with Gasteiger partial charge in [-0.2, -0.15) is 0 Å². The summed E-state index contributed by atoms with van der Waals surface area (Å²) in [6, 6.07) is 18.6. The highest BCUT2D eigenvalue weighted by Gasteiger charge is 2.28. The summed E-state index contributed by atoms with van der Waals surface area (Å²) < 4.78 is 0. The molecule has 3 aliphatic rings. The largest absolute Gasteiger partial charge is 0.508 e. The van der Waals surface area contributed by atoms with E-state index in [2.05, 4.69) is 57.2 Å². The summed E-state index contributed by atoms with van der Waals surface area (Å²) in [7, 11) is 0. The first-order chi connectivity index (χ1) is 21.8. The van der Waals surface area contributed by atoms with Gasteiger partial charge in [0, 0.05) is 5.41 Å². The van der Waals surface area contributed by atoms with Crippen LogP contribution in [0.4, 0.5) is 0 Å². The standard InChI is InChI=1S/C27H36O2.C15H22O/c1-27(2,21-13-15-25(28)23(17-21)19-9-5-3-6-10-19)22-14-16-26(29)24(18-22)20-11-7-4-8-12-20;1-2-6-12-9-10-15(16)14(11-12)13-7-4-3-5-8-13/h13-20,28-29H,3-12H2,1-2H3;9-11,13,16H,2-8H2,1H3. The molecule has 3 nitrogen and oxygen atoms in total. The summed E-state index contributed by atoms with van der Waals surface area (Å²) in [6.45, 7) is 6.73. The summed E-state index contributed by atoms with van der Waals surface area (Å²) in [4.78, 5) is 0. The van der Waals surface area contributed by atoms with E-state index in [1.54, 1.807) is 0 Å². The van der Waals surface area contributed by atoms with Gasteiger partial charge in [0.2, 0.25) is 0 Å². The highest BCUT2D eigenvalue weighted by Crippen LogP contribution is 2.43. The van der Waals surface area contributed by atoms with Crippen LogP contribution >= 0.6 is 0 Å². The Kier molecular flexibility index (Phi) is 11.6. The molecular weight excluding hydrogens is 552 g/mol. The molecule has 0 heterocycles. The molecule has 0 saturated heterocycles. The lowest BCUT2D eigenvalue weighted by molar-refractivity contribution is 0.412. The van der Waals surface area contributed by atoms with Crippen molar-refractivity contribution < 1.29 is 15.3 Å². The molecule has 3 heteroatoms. The van der Waals surface area contributed by atoms with Crippen LogP contribution in [0, 0.1) is 0 Å². The van der Waals surface area contributed by atoms with E-state index in [4.69, 9.17) is 0 Å². The van der Waals surface area contributed by atoms with E-state index in [-0.39, 0.29) is 5.41 Å². The zero-order valence-corrected chi connectivity index (χ0v) is 28.3. The fraction of sp³-hybridized carbons (Fsp3) is 0.571. The monoisotopic (exact) mass is 610 g/mol. The van der Waals surface area contributed by atoms with Gasteiger partial charge in [0.1, 0.15) is 17.2 Å². The third-order valence-electron chi connectivity index (χ3n) is 11.3. The topological polar surface area (TPSA) is 60.7 Å². The average Bonchev–Trinajstić information content (AvgIpc) is 3.07. The SMILES string of the molecule is CC(C)(c1ccc(O)c(C2CCCCC2)c1)c1ccc(O)c(C2CCCCC2)c1.CCCc1ccc(O)c(C2CCCCC2)c1. The minimum absolute atomic E-state index is 0.172. The average molecular weight is 611 g/mol. The number of phenolic OH excluding ortho intramolecular Hbond substituents is 3. The number of aryl methyl sites for hydroxylation is 1. The first kappa shape index (κ1) is 33.4. The summed E-state index contributed by atoms with van der Waals surface area (Å²) in [5, 5.41) is 31.0. The van der Waals surface area contributed by atoms with Crippen molar-refractivity contribution in [2.45, 2.75) is 153 Å². The highest BCUT2D eigenvalue weighted by atomic mass is 16.3. The molecule has 6 rings (SSSR count). The van der Waals surface area contributed by atoms with Gasteiger partial charge >= 0.3 is 0 Å². The van der Waals surface area contributed by atoms with Crippen LogP contribution in [-0.2, 0) is 11.8 Å². The van der Waals surface area contributed by atoms with Crippen molar-refractivity contribution >= 4 is 0 Å². The Balaban J connectivity index is 0.000000211. The van der Waals surface area contributed by atoms with Crippen molar-refractivity contribution in [1.29, 1.82) is 0 Å². The number of aromatic hydroxyl groups is 3. The lowest BCUT2D eigenvalue weighted by Gasteiger charge is -2.31. The first-order valence-corrected chi connectivity index (χ1v) is 18.3. The maximum absolute atomic E-state index is 10.5. The van der Waals surface area contributed by atoms with Gasteiger partial charge in [0.25, 0.3) is 0 Å². The molecule has 45 heavy (non-hydrogen) atoms. The second-order valence-electron chi connectivity index (χ2n) is 14.8. The molecular formula is C42H58O3. The van der Waals surface area contributed by atoms with Crippen molar-refractivity contribution in [2.24, 2.45) is 0 Å². The first-order valence-electron chi connectivity index (χ1n) is 18.3. The Bertz CT molecular complexity index is 1300. The highest BCUT2D eigenvalue weighted by molar-refractivity contribution is 5.49. The molecule has 244 valence electrons. The number of benzene rings is 3. The molecule has 0 radical (unpaired) electrons. The molecule has 0 atom stereocenters. The lowest BCUT2D eigenvalue weighted by atomic mass is 9.74. The zero-order chi connectivity index (χ0) is 31.8. The third-order valence-corrected chi connectivity index (χ3v) is 11.3. The fourth-order valence-electron chi connectivity index (χ4n) is 8.32. The van der Waals surface area contributed by atoms with E-state index in [0.717, 1.165) is 17.5 Å². The van der Waals surface area contributed by atoms with Gasteiger partial charge in [-0.3, -0.25) is 0 Å². The van der Waals surface area contributed by atoms with Gasteiger partial charge < -0.3 is 15.3 Å². The van der Waals surface area contributed by atoms with Crippen molar-refractivity contribution in [1.82, 2.24) is 0 Å². The molecule has 0 bridgehead atoms. The van der Waals surface area contributed by atoms with Crippen LogP contribution in [0.15, 0.2) is 54.6 Å². The van der Waals surface area contributed by atoms with Gasteiger partial charge in [-0.25, -0.2) is 0 Å². The molecule has 0 aromatic heterocycles. The quantitative estimate of drug-likeness (QED) is 0.249. The Labute approximate surface area is 273 Å². The summed E-state index contributed by atoms with van der Waals surface area (Å²) in [6.07, 6.45) is 21.2. The summed E-state index contributed by atoms with van der Waals surface area (Å²) in [5.74, 6) is 2.97. The maximum atomic E-state index is 10.5. The second kappa shape index (κ2) is 15.6. The predicted octanol–water partition coefficient (Wildman–Crippen LogP) is 11.9. The van der Waals surface area contributed by atoms with Crippen LogP contribution in [0.25, 0.3) is 0 Å². The predicted molar refractivity (Wildman–Crippen MR) is 188 cm³/mol. The number of rotatable bonds is 7. The molecule has 3 aromatic rings. The van der Waals surface area contributed by atoms with Gasteiger partial charge in [-0.05, 0) is 114 Å². The minimum atomic E-state index is -0.172.